The number of amides is 1. The summed E-state index contributed by atoms with van der Waals surface area (Å²) in [6.45, 7) is 4.74. The minimum atomic E-state index is -0.375. The smallest absolute Gasteiger partial charge is 0.338 e. The number of hydrogen-bond donors (Lipinski definition) is 1. The summed E-state index contributed by atoms with van der Waals surface area (Å²) in [5, 5.41) is 2.90. The highest BCUT2D eigenvalue weighted by molar-refractivity contribution is 7.99. The van der Waals surface area contributed by atoms with Crippen LogP contribution < -0.4 is 10.1 Å². The lowest BCUT2D eigenvalue weighted by molar-refractivity contribution is -0.113. The third kappa shape index (κ3) is 5.74. The van der Waals surface area contributed by atoms with Crippen molar-refractivity contribution >= 4 is 29.3 Å². The van der Waals surface area contributed by atoms with Crippen LogP contribution in [0.2, 0.25) is 0 Å². The molecule has 1 aliphatic heterocycles. The molecule has 1 heterocycles. The van der Waals surface area contributed by atoms with Gasteiger partial charge in [0.15, 0.2) is 6.79 Å². The quantitative estimate of drug-likeness (QED) is 0.653. The van der Waals surface area contributed by atoms with Gasteiger partial charge in [-0.25, -0.2) is 4.79 Å². The number of ether oxygens (including phenoxy) is 3. The fourth-order valence-corrected chi connectivity index (χ4v) is 3.81. The van der Waals surface area contributed by atoms with Crippen molar-refractivity contribution in [2.24, 2.45) is 0 Å². The lowest BCUT2D eigenvalue weighted by Gasteiger charge is -2.21. The zero-order chi connectivity index (χ0) is 20.6. The molecule has 1 amide bonds. The molecule has 0 atom stereocenters. The van der Waals surface area contributed by atoms with E-state index in [-0.39, 0.29) is 18.7 Å². The largest absolute Gasteiger partial charge is 0.467 e. The van der Waals surface area contributed by atoms with Crippen molar-refractivity contribution in [3.63, 3.8) is 0 Å². The van der Waals surface area contributed by atoms with Gasteiger partial charge in [-0.3, -0.25) is 4.79 Å². The lowest BCUT2D eigenvalue weighted by Crippen LogP contribution is -2.16. The number of thioether (sulfide) groups is 1. The Hall–Kier alpha value is -2.51. The molecule has 3 rings (SSSR count). The number of rotatable bonds is 8. The van der Waals surface area contributed by atoms with Crippen LogP contribution in [0.15, 0.2) is 36.4 Å². The Balaban J connectivity index is 1.62. The molecule has 154 valence electrons. The van der Waals surface area contributed by atoms with Crippen LogP contribution in [0.25, 0.3) is 0 Å². The molecule has 0 bridgehead atoms. The number of hydrogen-bond acceptors (Lipinski definition) is 6. The van der Waals surface area contributed by atoms with Crippen LogP contribution in [-0.2, 0) is 33.0 Å². The van der Waals surface area contributed by atoms with Gasteiger partial charge in [0.05, 0.1) is 24.5 Å². The Morgan fingerprint density at radius 1 is 1.17 bits per heavy atom. The fraction of sp³-hybridized carbons (Fsp3) is 0.364. The molecule has 0 spiro atoms. The summed E-state index contributed by atoms with van der Waals surface area (Å²) in [5.74, 6) is 1.12. The van der Waals surface area contributed by atoms with E-state index >= 15 is 0 Å². The average Bonchev–Trinajstić information content (AvgIpc) is 2.74. The molecule has 2 aromatic carbocycles. The molecule has 7 heteroatoms. The molecule has 0 aromatic heterocycles. The van der Waals surface area contributed by atoms with Crippen molar-refractivity contribution in [2.75, 3.05) is 24.5 Å². The van der Waals surface area contributed by atoms with Gasteiger partial charge in [-0.15, -0.1) is 11.8 Å². The van der Waals surface area contributed by atoms with Crippen LogP contribution >= 0.6 is 11.8 Å². The number of benzene rings is 2. The number of aryl methyl sites for hydroxylation is 1. The first kappa shape index (κ1) is 21.2. The summed E-state index contributed by atoms with van der Waals surface area (Å²) in [6, 6.07) is 11.4. The van der Waals surface area contributed by atoms with Crippen molar-refractivity contribution in [1.29, 1.82) is 0 Å². The van der Waals surface area contributed by atoms with E-state index in [0.717, 1.165) is 29.0 Å². The molecular formula is C22H25NO5S. The van der Waals surface area contributed by atoms with E-state index in [2.05, 4.69) is 12.2 Å². The summed E-state index contributed by atoms with van der Waals surface area (Å²) in [7, 11) is 0. The zero-order valence-electron chi connectivity index (χ0n) is 16.7. The highest BCUT2D eigenvalue weighted by Crippen LogP contribution is 2.32. The maximum absolute atomic E-state index is 12.2. The van der Waals surface area contributed by atoms with Crippen molar-refractivity contribution in [3.05, 3.63) is 58.7 Å². The maximum atomic E-state index is 12.2. The van der Waals surface area contributed by atoms with Crippen molar-refractivity contribution in [1.82, 2.24) is 0 Å². The first-order valence-electron chi connectivity index (χ1n) is 9.60. The monoisotopic (exact) mass is 415 g/mol. The molecule has 1 aliphatic rings. The van der Waals surface area contributed by atoms with Gasteiger partial charge in [0.1, 0.15) is 5.75 Å². The van der Waals surface area contributed by atoms with E-state index in [1.807, 2.05) is 24.3 Å². The molecule has 0 unspecified atom stereocenters. The Morgan fingerprint density at radius 3 is 2.69 bits per heavy atom. The Bertz CT molecular complexity index is 866. The van der Waals surface area contributed by atoms with Gasteiger partial charge in [0, 0.05) is 22.6 Å². The second-order valence-electron chi connectivity index (χ2n) is 6.55. The molecule has 29 heavy (non-hydrogen) atoms. The first-order chi connectivity index (χ1) is 14.1. The predicted molar refractivity (Wildman–Crippen MR) is 113 cm³/mol. The van der Waals surface area contributed by atoms with Crippen molar-refractivity contribution in [2.45, 2.75) is 32.6 Å². The van der Waals surface area contributed by atoms with Gasteiger partial charge < -0.3 is 19.5 Å². The van der Waals surface area contributed by atoms with E-state index in [4.69, 9.17) is 14.2 Å². The van der Waals surface area contributed by atoms with E-state index in [9.17, 15) is 9.59 Å². The minimum Gasteiger partial charge on any atom is -0.467 e. The Kier molecular flexibility index (Phi) is 7.55. The molecule has 2 aromatic rings. The summed E-state index contributed by atoms with van der Waals surface area (Å²) >= 11 is 1.46. The molecule has 0 saturated carbocycles. The number of esters is 1. The second-order valence-corrected chi connectivity index (χ2v) is 7.53. The van der Waals surface area contributed by atoms with Crippen molar-refractivity contribution < 1.29 is 23.8 Å². The highest BCUT2D eigenvalue weighted by atomic mass is 32.2. The van der Waals surface area contributed by atoms with Crippen LogP contribution in [0.4, 0.5) is 5.69 Å². The third-order valence-electron chi connectivity index (χ3n) is 4.43. The van der Waals surface area contributed by atoms with Crippen LogP contribution in [0.3, 0.4) is 0 Å². The molecule has 0 radical (unpaired) electrons. The van der Waals surface area contributed by atoms with E-state index in [1.54, 1.807) is 19.1 Å². The fourth-order valence-electron chi connectivity index (χ4n) is 3.01. The van der Waals surface area contributed by atoms with Crippen LogP contribution in [0.1, 0.15) is 40.9 Å². The Morgan fingerprint density at radius 2 is 1.97 bits per heavy atom. The third-order valence-corrected chi connectivity index (χ3v) is 5.42. The van der Waals surface area contributed by atoms with Gasteiger partial charge in [0.2, 0.25) is 5.91 Å². The van der Waals surface area contributed by atoms with Gasteiger partial charge in [0.25, 0.3) is 0 Å². The van der Waals surface area contributed by atoms with Gasteiger partial charge in [-0.1, -0.05) is 19.1 Å². The number of anilines is 1. The van der Waals surface area contributed by atoms with E-state index < -0.39 is 0 Å². The Labute approximate surface area is 174 Å². The van der Waals surface area contributed by atoms with E-state index in [1.165, 1.54) is 17.3 Å². The number of fused-ring (bicyclic) bond motifs is 1. The minimum absolute atomic E-state index is 0.0704. The number of carbonyl (C=O) groups is 2. The second kappa shape index (κ2) is 10.3. The van der Waals surface area contributed by atoms with Gasteiger partial charge in [-0.05, 0) is 43.2 Å². The summed E-state index contributed by atoms with van der Waals surface area (Å²) in [4.78, 5) is 24.4. The van der Waals surface area contributed by atoms with Crippen LogP contribution in [0, 0.1) is 0 Å². The molecule has 0 aliphatic carbocycles. The van der Waals surface area contributed by atoms with E-state index in [0.29, 0.717) is 30.3 Å². The van der Waals surface area contributed by atoms with Gasteiger partial charge in [-0.2, -0.15) is 0 Å². The van der Waals surface area contributed by atoms with Crippen LogP contribution in [-0.4, -0.2) is 31.0 Å². The SMILES string of the molecule is CCOC(=O)c1cc2c(c(CSCC(=O)Nc3ccc(CC)cc3)c1)OCOC2. The molecular weight excluding hydrogens is 390 g/mol. The first-order valence-corrected chi connectivity index (χ1v) is 10.8. The maximum Gasteiger partial charge on any atom is 0.338 e. The standard InChI is InChI=1S/C22H25NO5S/c1-3-15-5-7-19(8-6-15)23-20(24)13-29-12-18-10-16(22(25)27-4-2)9-17-11-26-14-28-21(17)18/h5-10H,3-4,11-14H2,1-2H3,(H,23,24). The molecule has 1 N–H and O–H groups in total. The highest BCUT2D eigenvalue weighted by Gasteiger charge is 2.20. The summed E-state index contributed by atoms with van der Waals surface area (Å²) in [6.07, 6.45) is 0.965. The summed E-state index contributed by atoms with van der Waals surface area (Å²) in [5.41, 5.74) is 4.16. The van der Waals surface area contributed by atoms with Gasteiger partial charge >= 0.3 is 5.97 Å². The molecule has 0 fully saturated rings. The molecule has 0 saturated heterocycles. The average molecular weight is 416 g/mol. The normalized spacial score (nSPS) is 12.6. The topological polar surface area (TPSA) is 73.9 Å². The molecule has 6 nitrogen and oxygen atoms in total. The predicted octanol–water partition coefficient (Wildman–Crippen LogP) is 4.16. The summed E-state index contributed by atoms with van der Waals surface area (Å²) < 4.78 is 16.1. The number of nitrogens with one attached hydrogen (secondary N) is 1. The number of carbonyl (C=O) groups excluding carboxylic acids is 2. The van der Waals surface area contributed by atoms with Crippen molar-refractivity contribution in [3.8, 4) is 5.75 Å². The lowest BCUT2D eigenvalue weighted by atomic mass is 10.0. The van der Waals surface area contributed by atoms with Crippen LogP contribution in [0.5, 0.6) is 5.75 Å². The zero-order valence-corrected chi connectivity index (χ0v) is 17.5.